The van der Waals surface area contributed by atoms with E-state index < -0.39 is 0 Å². The lowest BCUT2D eigenvalue weighted by Gasteiger charge is -2.35. The second-order valence-electron chi connectivity index (χ2n) is 6.82. The molecule has 0 N–H and O–H groups in total. The van der Waals surface area contributed by atoms with Gasteiger partial charge in [0.25, 0.3) is 5.91 Å². The van der Waals surface area contributed by atoms with Gasteiger partial charge < -0.3 is 14.7 Å². The van der Waals surface area contributed by atoms with Crippen molar-refractivity contribution in [1.29, 1.82) is 0 Å². The molecule has 2 aliphatic heterocycles. The largest absolute Gasteiger partial charge is 0.369 e. The zero-order valence-electron chi connectivity index (χ0n) is 14.4. The Morgan fingerprint density at radius 3 is 2.74 bits per heavy atom. The second-order valence-corrected chi connectivity index (χ2v) is 6.82. The van der Waals surface area contributed by atoms with Crippen molar-refractivity contribution in [1.82, 2.24) is 14.8 Å². The number of hydrogen-bond donors (Lipinski definition) is 0. The quantitative estimate of drug-likeness (QED) is 0.856. The van der Waals surface area contributed by atoms with Gasteiger partial charge in [0.1, 0.15) is 5.69 Å². The first-order chi connectivity index (χ1) is 11.2. The minimum Gasteiger partial charge on any atom is -0.369 e. The Morgan fingerprint density at radius 2 is 2.04 bits per heavy atom. The van der Waals surface area contributed by atoms with Gasteiger partial charge in [-0.05, 0) is 37.4 Å². The molecule has 126 valence electrons. The van der Waals surface area contributed by atoms with E-state index in [1.165, 1.54) is 6.42 Å². The second kappa shape index (κ2) is 7.30. The lowest BCUT2D eigenvalue weighted by atomic mass is 10.00. The van der Waals surface area contributed by atoms with Crippen molar-refractivity contribution >= 4 is 11.6 Å². The van der Waals surface area contributed by atoms with E-state index in [0.717, 1.165) is 57.9 Å². The average Bonchev–Trinajstić information content (AvgIpc) is 2.61. The molecule has 1 aromatic heterocycles. The highest BCUT2D eigenvalue weighted by Crippen LogP contribution is 2.20. The summed E-state index contributed by atoms with van der Waals surface area (Å²) in [5.74, 6) is 0.684. The van der Waals surface area contributed by atoms with Crippen molar-refractivity contribution in [3.8, 4) is 0 Å². The van der Waals surface area contributed by atoms with Crippen LogP contribution in [-0.4, -0.2) is 66.5 Å². The highest BCUT2D eigenvalue weighted by molar-refractivity contribution is 5.93. The number of piperazine rings is 1. The summed E-state index contributed by atoms with van der Waals surface area (Å²) in [6.45, 7) is 11.5. The molecule has 5 heteroatoms. The maximum Gasteiger partial charge on any atom is 0.272 e. The molecular weight excluding hydrogens is 288 g/mol. The number of rotatable bonds is 3. The Labute approximate surface area is 139 Å². The lowest BCUT2D eigenvalue weighted by molar-refractivity contribution is 0.0677. The van der Waals surface area contributed by atoms with Gasteiger partial charge in [0.15, 0.2) is 0 Å². The van der Waals surface area contributed by atoms with Crippen molar-refractivity contribution in [3.05, 3.63) is 24.0 Å². The third-order valence-corrected chi connectivity index (χ3v) is 5.09. The van der Waals surface area contributed by atoms with Crippen LogP contribution in [0.1, 0.15) is 37.2 Å². The maximum atomic E-state index is 12.7. The van der Waals surface area contributed by atoms with E-state index in [9.17, 15) is 4.79 Å². The van der Waals surface area contributed by atoms with Crippen LogP contribution in [0, 0.1) is 5.92 Å². The fraction of sp³-hybridized carbons (Fsp3) is 0.667. The van der Waals surface area contributed by atoms with Crippen molar-refractivity contribution < 1.29 is 4.79 Å². The molecule has 1 atom stereocenters. The minimum absolute atomic E-state index is 0.0885. The van der Waals surface area contributed by atoms with Gasteiger partial charge in [-0.1, -0.05) is 13.8 Å². The fourth-order valence-electron chi connectivity index (χ4n) is 3.59. The Morgan fingerprint density at radius 1 is 1.26 bits per heavy atom. The maximum absolute atomic E-state index is 12.7. The van der Waals surface area contributed by atoms with Crippen LogP contribution in [-0.2, 0) is 0 Å². The van der Waals surface area contributed by atoms with Gasteiger partial charge in [0.2, 0.25) is 0 Å². The Bertz CT molecular complexity index is 540. The standard InChI is InChI=1S/C18H28N4O/c1-3-20-9-11-21(12-10-20)16-6-7-19-17(13-16)18(23)22-8-4-5-15(2)14-22/h6-7,13,15H,3-5,8-12,14H2,1-2H3. The van der Waals surface area contributed by atoms with E-state index >= 15 is 0 Å². The SMILES string of the molecule is CCN1CCN(c2ccnc(C(=O)N3CCCC(C)C3)c2)CC1. The molecule has 0 radical (unpaired) electrons. The Balaban J connectivity index is 1.68. The summed E-state index contributed by atoms with van der Waals surface area (Å²) in [4.78, 5) is 23.8. The molecule has 3 rings (SSSR count). The van der Waals surface area contributed by atoms with E-state index in [-0.39, 0.29) is 5.91 Å². The number of likely N-dealkylation sites (tertiary alicyclic amines) is 1. The van der Waals surface area contributed by atoms with Gasteiger partial charge in [-0.25, -0.2) is 0 Å². The van der Waals surface area contributed by atoms with Gasteiger partial charge >= 0.3 is 0 Å². The summed E-state index contributed by atoms with van der Waals surface area (Å²) in [5, 5.41) is 0. The van der Waals surface area contributed by atoms with Gasteiger partial charge in [-0.3, -0.25) is 9.78 Å². The normalized spacial score (nSPS) is 23.1. The summed E-state index contributed by atoms with van der Waals surface area (Å²) in [6.07, 6.45) is 4.10. The summed E-state index contributed by atoms with van der Waals surface area (Å²) < 4.78 is 0. The van der Waals surface area contributed by atoms with E-state index in [4.69, 9.17) is 0 Å². The van der Waals surface area contributed by atoms with Crippen LogP contribution in [0.25, 0.3) is 0 Å². The van der Waals surface area contributed by atoms with Gasteiger partial charge in [0, 0.05) is 51.2 Å². The third-order valence-electron chi connectivity index (χ3n) is 5.09. The molecule has 1 aromatic rings. The number of anilines is 1. The van der Waals surface area contributed by atoms with E-state index in [1.54, 1.807) is 6.20 Å². The zero-order chi connectivity index (χ0) is 16.2. The Kier molecular flexibility index (Phi) is 5.16. The predicted octanol–water partition coefficient (Wildman–Crippen LogP) is 2.10. The van der Waals surface area contributed by atoms with Crippen molar-refractivity contribution in [2.45, 2.75) is 26.7 Å². The van der Waals surface area contributed by atoms with Crippen LogP contribution in [0.5, 0.6) is 0 Å². The lowest BCUT2D eigenvalue weighted by Crippen LogP contribution is -2.46. The number of likely N-dealkylation sites (N-methyl/N-ethyl adjacent to an activating group) is 1. The smallest absolute Gasteiger partial charge is 0.272 e. The third kappa shape index (κ3) is 3.83. The summed E-state index contributed by atoms with van der Waals surface area (Å²) in [7, 11) is 0. The molecule has 0 aliphatic carbocycles. The molecule has 5 nitrogen and oxygen atoms in total. The van der Waals surface area contributed by atoms with Crippen LogP contribution in [0.4, 0.5) is 5.69 Å². The first-order valence-electron chi connectivity index (χ1n) is 8.90. The predicted molar refractivity (Wildman–Crippen MR) is 92.9 cm³/mol. The zero-order valence-corrected chi connectivity index (χ0v) is 14.4. The summed E-state index contributed by atoms with van der Waals surface area (Å²) in [6, 6.07) is 4.00. The summed E-state index contributed by atoms with van der Waals surface area (Å²) in [5.41, 5.74) is 1.72. The number of carbonyl (C=O) groups is 1. The molecule has 0 saturated carbocycles. The highest BCUT2D eigenvalue weighted by atomic mass is 16.2. The minimum atomic E-state index is 0.0885. The first kappa shape index (κ1) is 16.2. The fourth-order valence-corrected chi connectivity index (χ4v) is 3.59. The topological polar surface area (TPSA) is 39.7 Å². The number of amides is 1. The average molecular weight is 316 g/mol. The highest BCUT2D eigenvalue weighted by Gasteiger charge is 2.24. The number of nitrogens with zero attached hydrogens (tertiary/aromatic N) is 4. The monoisotopic (exact) mass is 316 g/mol. The Hall–Kier alpha value is -1.62. The van der Waals surface area contributed by atoms with Crippen LogP contribution in [0.15, 0.2) is 18.3 Å². The van der Waals surface area contributed by atoms with E-state index in [1.807, 2.05) is 17.0 Å². The van der Waals surface area contributed by atoms with Gasteiger partial charge in [-0.15, -0.1) is 0 Å². The molecule has 3 heterocycles. The van der Waals surface area contributed by atoms with Crippen LogP contribution < -0.4 is 4.90 Å². The molecule has 2 saturated heterocycles. The molecule has 23 heavy (non-hydrogen) atoms. The van der Waals surface area contributed by atoms with E-state index in [2.05, 4.69) is 28.6 Å². The van der Waals surface area contributed by atoms with Gasteiger partial charge in [-0.2, -0.15) is 0 Å². The van der Waals surface area contributed by atoms with Crippen molar-refractivity contribution in [2.75, 3.05) is 50.7 Å². The summed E-state index contributed by atoms with van der Waals surface area (Å²) >= 11 is 0. The van der Waals surface area contributed by atoms with Gasteiger partial charge in [0.05, 0.1) is 0 Å². The molecule has 1 amide bonds. The number of aromatic nitrogens is 1. The van der Waals surface area contributed by atoms with Crippen LogP contribution in [0.2, 0.25) is 0 Å². The van der Waals surface area contributed by atoms with Crippen LogP contribution >= 0.6 is 0 Å². The molecule has 1 unspecified atom stereocenters. The molecule has 0 aromatic carbocycles. The number of hydrogen-bond acceptors (Lipinski definition) is 4. The van der Waals surface area contributed by atoms with E-state index in [0.29, 0.717) is 11.6 Å². The van der Waals surface area contributed by atoms with Crippen molar-refractivity contribution in [3.63, 3.8) is 0 Å². The molecule has 2 fully saturated rings. The molecule has 2 aliphatic rings. The number of pyridine rings is 1. The number of carbonyl (C=O) groups excluding carboxylic acids is 1. The molecule has 0 spiro atoms. The van der Waals surface area contributed by atoms with Crippen molar-refractivity contribution in [2.24, 2.45) is 5.92 Å². The molecular formula is C18H28N4O. The first-order valence-corrected chi connectivity index (χ1v) is 8.90. The van der Waals surface area contributed by atoms with Crippen LogP contribution in [0.3, 0.4) is 0 Å². The number of piperidine rings is 1. The molecule has 0 bridgehead atoms.